The molecule has 1 aromatic carbocycles. The van der Waals surface area contributed by atoms with Crippen molar-refractivity contribution in [1.29, 1.82) is 0 Å². The molecule has 1 aliphatic heterocycles. The van der Waals surface area contributed by atoms with E-state index in [4.69, 9.17) is 9.15 Å². The molecule has 0 unspecified atom stereocenters. The summed E-state index contributed by atoms with van der Waals surface area (Å²) in [4.78, 5) is 20.4. The van der Waals surface area contributed by atoms with Crippen LogP contribution in [0.3, 0.4) is 0 Å². The number of anilines is 1. The van der Waals surface area contributed by atoms with Crippen molar-refractivity contribution in [2.45, 2.75) is 26.2 Å². The van der Waals surface area contributed by atoms with Crippen LogP contribution in [-0.2, 0) is 17.6 Å². The standard InChI is InChI=1S/C20H20N2O3S/c1-13-15(21-20(25-13)17-9-5-11-26-17)12-18(23)22-10-4-7-14-6-3-8-16(24-2)19(14)22/h3,5-6,8-9,11H,4,7,10,12H2,1-2H3. The highest BCUT2D eigenvalue weighted by Gasteiger charge is 2.27. The Hall–Kier alpha value is -2.60. The lowest BCUT2D eigenvalue weighted by Crippen LogP contribution is -2.37. The Labute approximate surface area is 156 Å². The lowest BCUT2D eigenvalue weighted by molar-refractivity contribution is -0.118. The van der Waals surface area contributed by atoms with Gasteiger partial charge in [-0.1, -0.05) is 18.2 Å². The Morgan fingerprint density at radius 3 is 3.00 bits per heavy atom. The Morgan fingerprint density at radius 2 is 2.23 bits per heavy atom. The Balaban J connectivity index is 1.61. The van der Waals surface area contributed by atoms with Gasteiger partial charge in [0, 0.05) is 6.54 Å². The van der Waals surface area contributed by atoms with Gasteiger partial charge in [0.15, 0.2) is 0 Å². The van der Waals surface area contributed by atoms with E-state index in [1.54, 1.807) is 18.4 Å². The molecule has 0 aliphatic carbocycles. The molecule has 134 valence electrons. The molecule has 5 nitrogen and oxygen atoms in total. The SMILES string of the molecule is COc1cccc2c1N(C(=O)Cc1nc(-c3cccs3)oc1C)CCC2. The van der Waals surface area contributed by atoms with Crippen LogP contribution in [0.5, 0.6) is 5.75 Å². The second-order valence-electron chi connectivity index (χ2n) is 6.29. The lowest BCUT2D eigenvalue weighted by Gasteiger charge is -2.30. The number of hydrogen-bond donors (Lipinski definition) is 0. The van der Waals surface area contributed by atoms with E-state index in [1.807, 2.05) is 41.5 Å². The van der Waals surface area contributed by atoms with Gasteiger partial charge in [0.2, 0.25) is 11.8 Å². The number of rotatable bonds is 4. The first kappa shape index (κ1) is 16.8. The molecule has 0 fully saturated rings. The van der Waals surface area contributed by atoms with Crippen molar-refractivity contribution in [2.75, 3.05) is 18.6 Å². The highest BCUT2D eigenvalue weighted by atomic mass is 32.1. The maximum atomic E-state index is 13.0. The average Bonchev–Trinajstić information content (AvgIpc) is 3.31. The summed E-state index contributed by atoms with van der Waals surface area (Å²) in [7, 11) is 1.64. The van der Waals surface area contributed by atoms with Crippen LogP contribution in [0.15, 0.2) is 40.1 Å². The number of carbonyl (C=O) groups excluding carboxylic acids is 1. The van der Waals surface area contributed by atoms with Crippen LogP contribution in [0.1, 0.15) is 23.4 Å². The van der Waals surface area contributed by atoms with Crippen molar-refractivity contribution in [1.82, 2.24) is 4.98 Å². The number of aryl methyl sites for hydroxylation is 2. The Kier molecular flexibility index (Phi) is 4.51. The van der Waals surface area contributed by atoms with Crippen LogP contribution in [0, 0.1) is 6.92 Å². The largest absolute Gasteiger partial charge is 0.495 e. The zero-order chi connectivity index (χ0) is 18.1. The van der Waals surface area contributed by atoms with Crippen LogP contribution in [-0.4, -0.2) is 24.5 Å². The van der Waals surface area contributed by atoms with Gasteiger partial charge in [-0.3, -0.25) is 4.79 Å². The molecule has 26 heavy (non-hydrogen) atoms. The number of fused-ring (bicyclic) bond motifs is 1. The predicted octanol–water partition coefficient (Wildman–Crippen LogP) is 4.24. The molecule has 6 heteroatoms. The smallest absolute Gasteiger partial charge is 0.236 e. The van der Waals surface area contributed by atoms with E-state index in [0.29, 0.717) is 23.9 Å². The molecule has 0 bridgehead atoms. The van der Waals surface area contributed by atoms with Gasteiger partial charge in [0.25, 0.3) is 0 Å². The van der Waals surface area contributed by atoms with Crippen molar-refractivity contribution in [3.63, 3.8) is 0 Å². The van der Waals surface area contributed by atoms with E-state index in [0.717, 1.165) is 34.7 Å². The van der Waals surface area contributed by atoms with Gasteiger partial charge in [0.05, 0.1) is 29.8 Å². The molecule has 0 saturated carbocycles. The summed E-state index contributed by atoms with van der Waals surface area (Å²) < 4.78 is 11.3. The summed E-state index contributed by atoms with van der Waals surface area (Å²) in [5.41, 5.74) is 2.74. The van der Waals surface area contributed by atoms with Gasteiger partial charge >= 0.3 is 0 Å². The maximum Gasteiger partial charge on any atom is 0.236 e. The number of amides is 1. The van der Waals surface area contributed by atoms with Gasteiger partial charge in [0.1, 0.15) is 11.5 Å². The van der Waals surface area contributed by atoms with Gasteiger partial charge in [-0.25, -0.2) is 4.98 Å². The molecule has 0 N–H and O–H groups in total. The van der Waals surface area contributed by atoms with Crippen LogP contribution >= 0.6 is 11.3 Å². The molecule has 3 aromatic rings. The molecule has 4 rings (SSSR count). The number of hydrogen-bond acceptors (Lipinski definition) is 5. The normalized spacial score (nSPS) is 13.5. The number of thiophene rings is 1. The van der Waals surface area contributed by atoms with Gasteiger partial charge in [-0.15, -0.1) is 11.3 Å². The molecule has 0 saturated heterocycles. The van der Waals surface area contributed by atoms with Crippen LogP contribution in [0.4, 0.5) is 5.69 Å². The predicted molar refractivity (Wildman–Crippen MR) is 102 cm³/mol. The van der Waals surface area contributed by atoms with Gasteiger partial charge in [-0.05, 0) is 42.8 Å². The van der Waals surface area contributed by atoms with Crippen molar-refractivity contribution in [2.24, 2.45) is 0 Å². The molecule has 0 atom stereocenters. The fourth-order valence-corrected chi connectivity index (χ4v) is 4.01. The molecule has 0 radical (unpaired) electrons. The first-order valence-electron chi connectivity index (χ1n) is 8.64. The summed E-state index contributed by atoms with van der Waals surface area (Å²) in [6, 6.07) is 9.86. The molecule has 1 amide bonds. The molecule has 2 aromatic heterocycles. The number of benzene rings is 1. The van der Waals surface area contributed by atoms with Crippen molar-refractivity contribution in [3.05, 3.63) is 52.7 Å². The summed E-state index contributed by atoms with van der Waals surface area (Å²) in [6.45, 7) is 2.55. The minimum atomic E-state index is 0.0181. The highest BCUT2D eigenvalue weighted by Crippen LogP contribution is 2.36. The first-order chi connectivity index (χ1) is 12.7. The third-order valence-electron chi connectivity index (χ3n) is 4.64. The molecule has 1 aliphatic rings. The number of aromatic nitrogens is 1. The summed E-state index contributed by atoms with van der Waals surface area (Å²) in [5.74, 6) is 2.03. The second-order valence-corrected chi connectivity index (χ2v) is 7.24. The monoisotopic (exact) mass is 368 g/mol. The van der Waals surface area contributed by atoms with E-state index in [2.05, 4.69) is 11.1 Å². The van der Waals surface area contributed by atoms with E-state index >= 15 is 0 Å². The number of ether oxygens (including phenoxy) is 1. The van der Waals surface area contributed by atoms with E-state index in [9.17, 15) is 4.79 Å². The van der Waals surface area contributed by atoms with Crippen LogP contribution in [0.2, 0.25) is 0 Å². The van der Waals surface area contributed by atoms with Crippen LogP contribution in [0.25, 0.3) is 10.8 Å². The van der Waals surface area contributed by atoms with Gasteiger partial charge in [-0.2, -0.15) is 0 Å². The lowest BCUT2D eigenvalue weighted by atomic mass is 10.0. The third kappa shape index (κ3) is 3.01. The van der Waals surface area contributed by atoms with Crippen molar-refractivity contribution in [3.8, 4) is 16.5 Å². The molecular weight excluding hydrogens is 348 g/mol. The summed E-state index contributed by atoms with van der Waals surface area (Å²) in [6.07, 6.45) is 2.13. The Bertz CT molecular complexity index is 916. The number of para-hydroxylation sites is 1. The molecular formula is C20H20N2O3S. The fraction of sp³-hybridized carbons (Fsp3) is 0.300. The maximum absolute atomic E-state index is 13.0. The number of oxazole rings is 1. The topological polar surface area (TPSA) is 55.6 Å². The minimum Gasteiger partial charge on any atom is -0.495 e. The van der Waals surface area contributed by atoms with Crippen molar-refractivity contribution < 1.29 is 13.9 Å². The fourth-order valence-electron chi connectivity index (χ4n) is 3.37. The average molecular weight is 368 g/mol. The van der Waals surface area contributed by atoms with E-state index < -0.39 is 0 Å². The molecule has 0 spiro atoms. The highest BCUT2D eigenvalue weighted by molar-refractivity contribution is 7.13. The van der Waals surface area contributed by atoms with Crippen LogP contribution < -0.4 is 9.64 Å². The third-order valence-corrected chi connectivity index (χ3v) is 5.50. The van der Waals surface area contributed by atoms with Gasteiger partial charge < -0.3 is 14.1 Å². The van der Waals surface area contributed by atoms with E-state index in [1.165, 1.54) is 0 Å². The zero-order valence-corrected chi connectivity index (χ0v) is 15.6. The summed E-state index contributed by atoms with van der Waals surface area (Å²) in [5, 5.41) is 1.98. The number of methoxy groups -OCH3 is 1. The minimum absolute atomic E-state index is 0.0181. The van der Waals surface area contributed by atoms with Crippen molar-refractivity contribution >= 4 is 22.9 Å². The molecule has 3 heterocycles. The first-order valence-corrected chi connectivity index (χ1v) is 9.51. The second kappa shape index (κ2) is 6.96. The zero-order valence-electron chi connectivity index (χ0n) is 14.8. The Morgan fingerprint density at radius 1 is 1.35 bits per heavy atom. The van der Waals surface area contributed by atoms with E-state index in [-0.39, 0.29) is 12.3 Å². The summed E-state index contributed by atoms with van der Waals surface area (Å²) >= 11 is 1.57. The number of carbonyl (C=O) groups is 1. The quantitative estimate of drug-likeness (QED) is 0.691. The number of nitrogens with zero attached hydrogens (tertiary/aromatic N) is 2.